The van der Waals surface area contributed by atoms with E-state index in [-0.39, 0.29) is 14.9 Å². The van der Waals surface area contributed by atoms with Crippen LogP contribution in [0.4, 0.5) is 0 Å². The van der Waals surface area contributed by atoms with E-state index in [1.54, 1.807) is 0 Å². The van der Waals surface area contributed by atoms with Crippen LogP contribution in [0.1, 0.15) is 42.0 Å². The molecule has 0 heteroatoms. The molecule has 0 amide bonds. The maximum absolute atomic E-state index is 2.26. The van der Waals surface area contributed by atoms with E-state index in [1.807, 2.05) is 0 Å². The SMILES string of the molecule is C.C.CC1=CC(C)=C(C)C1. The first-order valence-electron chi connectivity index (χ1n) is 3.03. The average molecular weight is 140 g/mol. The second-order valence-electron chi connectivity index (χ2n) is 2.63. The lowest BCUT2D eigenvalue weighted by molar-refractivity contribution is 1.14. The summed E-state index contributed by atoms with van der Waals surface area (Å²) < 4.78 is 0. The third-order valence-corrected chi connectivity index (χ3v) is 1.68. The topological polar surface area (TPSA) is 0 Å². The summed E-state index contributed by atoms with van der Waals surface area (Å²) in [4.78, 5) is 0. The third-order valence-electron chi connectivity index (χ3n) is 1.68. The summed E-state index contributed by atoms with van der Waals surface area (Å²) in [5, 5.41) is 0. The monoisotopic (exact) mass is 140 g/mol. The van der Waals surface area contributed by atoms with Crippen LogP contribution in [0.5, 0.6) is 0 Å². The largest absolute Gasteiger partial charge is 0.0776 e. The van der Waals surface area contributed by atoms with Gasteiger partial charge >= 0.3 is 0 Å². The zero-order valence-electron chi connectivity index (χ0n) is 5.78. The molecular weight excluding hydrogens is 120 g/mol. The molecular formula is C10H20. The van der Waals surface area contributed by atoms with Crippen LogP contribution in [0.3, 0.4) is 0 Å². The van der Waals surface area contributed by atoms with E-state index < -0.39 is 0 Å². The highest BCUT2D eigenvalue weighted by Gasteiger charge is 2.02. The van der Waals surface area contributed by atoms with E-state index in [0.717, 1.165) is 0 Å². The predicted octanol–water partition coefficient (Wildman–Crippen LogP) is 3.95. The minimum absolute atomic E-state index is 0. The van der Waals surface area contributed by atoms with Gasteiger partial charge in [-0.15, -0.1) is 0 Å². The van der Waals surface area contributed by atoms with Crippen molar-refractivity contribution >= 4 is 0 Å². The van der Waals surface area contributed by atoms with Gasteiger partial charge in [0.05, 0.1) is 0 Å². The maximum atomic E-state index is 2.26. The third kappa shape index (κ3) is 2.38. The Morgan fingerprint density at radius 1 is 1.10 bits per heavy atom. The molecule has 0 saturated carbocycles. The Kier molecular flexibility index (Phi) is 5.26. The first kappa shape index (κ1) is 12.2. The molecule has 0 heterocycles. The summed E-state index contributed by atoms with van der Waals surface area (Å²) in [6, 6.07) is 0. The van der Waals surface area contributed by atoms with Crippen molar-refractivity contribution in [2.75, 3.05) is 0 Å². The lowest BCUT2D eigenvalue weighted by Crippen LogP contribution is -1.70. The van der Waals surface area contributed by atoms with Gasteiger partial charge in [-0.1, -0.05) is 37.6 Å². The van der Waals surface area contributed by atoms with Gasteiger partial charge in [0.2, 0.25) is 0 Å². The van der Waals surface area contributed by atoms with E-state index in [2.05, 4.69) is 26.8 Å². The summed E-state index contributed by atoms with van der Waals surface area (Å²) in [6.45, 7) is 6.55. The van der Waals surface area contributed by atoms with Crippen molar-refractivity contribution in [3.8, 4) is 0 Å². The molecule has 0 aliphatic heterocycles. The van der Waals surface area contributed by atoms with Crippen LogP contribution < -0.4 is 0 Å². The van der Waals surface area contributed by atoms with Gasteiger partial charge in [0.25, 0.3) is 0 Å². The minimum Gasteiger partial charge on any atom is -0.0776 e. The Balaban J connectivity index is 0. The standard InChI is InChI=1S/C8H12.2CH4/c1-6-4-7(2)8(3)5-6;;/h4H,5H2,1-3H3;2*1H4. The van der Waals surface area contributed by atoms with Crippen LogP contribution >= 0.6 is 0 Å². The van der Waals surface area contributed by atoms with E-state index in [1.165, 1.54) is 23.1 Å². The molecule has 60 valence electrons. The smallest absolute Gasteiger partial charge is 0.0105 e. The lowest BCUT2D eigenvalue weighted by atomic mass is 10.2. The number of rotatable bonds is 0. The quantitative estimate of drug-likeness (QED) is 0.478. The summed E-state index contributed by atoms with van der Waals surface area (Å²) in [5.41, 5.74) is 4.49. The molecule has 0 N–H and O–H groups in total. The van der Waals surface area contributed by atoms with Crippen molar-refractivity contribution in [2.45, 2.75) is 42.0 Å². The zero-order chi connectivity index (χ0) is 6.15. The second-order valence-corrected chi connectivity index (χ2v) is 2.63. The molecule has 0 atom stereocenters. The maximum Gasteiger partial charge on any atom is -0.0105 e. The van der Waals surface area contributed by atoms with Gasteiger partial charge in [-0.3, -0.25) is 0 Å². The summed E-state index contributed by atoms with van der Waals surface area (Å²) in [5.74, 6) is 0. The van der Waals surface area contributed by atoms with E-state index in [9.17, 15) is 0 Å². The molecule has 1 aliphatic carbocycles. The van der Waals surface area contributed by atoms with Gasteiger partial charge in [0, 0.05) is 0 Å². The predicted molar refractivity (Wildman–Crippen MR) is 50.2 cm³/mol. The fourth-order valence-electron chi connectivity index (χ4n) is 1.10. The number of hydrogen-bond donors (Lipinski definition) is 0. The van der Waals surface area contributed by atoms with Crippen LogP contribution in [0.2, 0.25) is 0 Å². The molecule has 0 nitrogen and oxygen atoms in total. The molecule has 0 saturated heterocycles. The van der Waals surface area contributed by atoms with Crippen molar-refractivity contribution in [1.29, 1.82) is 0 Å². The molecule has 0 aromatic carbocycles. The number of allylic oxidation sites excluding steroid dienone is 4. The number of hydrogen-bond acceptors (Lipinski definition) is 0. The van der Waals surface area contributed by atoms with Crippen LogP contribution in [0.25, 0.3) is 0 Å². The van der Waals surface area contributed by atoms with Gasteiger partial charge in [-0.25, -0.2) is 0 Å². The lowest BCUT2D eigenvalue weighted by Gasteiger charge is -1.90. The van der Waals surface area contributed by atoms with E-state index in [4.69, 9.17) is 0 Å². The highest BCUT2D eigenvalue weighted by molar-refractivity contribution is 5.35. The van der Waals surface area contributed by atoms with E-state index >= 15 is 0 Å². The first-order chi connectivity index (χ1) is 3.70. The van der Waals surface area contributed by atoms with Gasteiger partial charge in [-0.05, 0) is 27.2 Å². The Bertz CT molecular complexity index is 159. The molecule has 10 heavy (non-hydrogen) atoms. The summed E-state index contributed by atoms with van der Waals surface area (Å²) >= 11 is 0. The van der Waals surface area contributed by atoms with Crippen molar-refractivity contribution in [3.05, 3.63) is 22.8 Å². The highest BCUT2D eigenvalue weighted by atomic mass is 14.1. The molecule has 0 radical (unpaired) electrons. The van der Waals surface area contributed by atoms with Crippen LogP contribution in [0, 0.1) is 0 Å². The van der Waals surface area contributed by atoms with E-state index in [0.29, 0.717) is 0 Å². The Morgan fingerprint density at radius 3 is 1.70 bits per heavy atom. The van der Waals surface area contributed by atoms with Crippen molar-refractivity contribution < 1.29 is 0 Å². The zero-order valence-corrected chi connectivity index (χ0v) is 5.78. The Labute approximate surface area is 65.7 Å². The molecule has 0 unspecified atom stereocenters. The van der Waals surface area contributed by atoms with Gasteiger partial charge in [0.15, 0.2) is 0 Å². The van der Waals surface area contributed by atoms with Gasteiger partial charge in [-0.2, -0.15) is 0 Å². The van der Waals surface area contributed by atoms with Crippen LogP contribution in [-0.2, 0) is 0 Å². The Hall–Kier alpha value is -0.520. The fourth-order valence-corrected chi connectivity index (χ4v) is 1.10. The molecule has 0 aromatic rings. The van der Waals surface area contributed by atoms with Crippen molar-refractivity contribution in [2.24, 2.45) is 0 Å². The van der Waals surface area contributed by atoms with Gasteiger partial charge < -0.3 is 0 Å². The summed E-state index contributed by atoms with van der Waals surface area (Å²) in [6.07, 6.45) is 3.46. The minimum atomic E-state index is 0. The highest BCUT2D eigenvalue weighted by Crippen LogP contribution is 2.23. The average Bonchev–Trinajstić information content (AvgIpc) is 1.85. The molecule has 1 rings (SSSR count). The summed E-state index contributed by atoms with van der Waals surface area (Å²) in [7, 11) is 0. The molecule has 0 fully saturated rings. The molecule has 0 bridgehead atoms. The first-order valence-corrected chi connectivity index (χ1v) is 3.03. The van der Waals surface area contributed by atoms with Crippen molar-refractivity contribution in [1.82, 2.24) is 0 Å². The van der Waals surface area contributed by atoms with Crippen LogP contribution in [-0.4, -0.2) is 0 Å². The molecule has 1 aliphatic rings. The molecule has 0 spiro atoms. The normalized spacial score (nSPS) is 15.7. The fraction of sp³-hybridized carbons (Fsp3) is 0.600. The van der Waals surface area contributed by atoms with Gasteiger partial charge in [0.1, 0.15) is 0 Å². The van der Waals surface area contributed by atoms with Crippen LogP contribution in [0.15, 0.2) is 22.8 Å². The Morgan fingerprint density at radius 2 is 1.60 bits per heavy atom. The second kappa shape index (κ2) is 4.32. The van der Waals surface area contributed by atoms with Crippen molar-refractivity contribution in [3.63, 3.8) is 0 Å². The molecule has 0 aromatic heterocycles.